The third kappa shape index (κ3) is 1.39. The fraction of sp³-hybridized carbons (Fsp3) is 0.0667. The van der Waals surface area contributed by atoms with Crippen LogP contribution in [0.2, 0.25) is 0 Å². The standard InChI is InChI=1S/C15H12/c1-2-6-12(7-3-1)15-11-10-13-8-4-5-9-14(13)15/h1-3,5-11H,4H2. The quantitative estimate of drug-likeness (QED) is 0.633. The van der Waals surface area contributed by atoms with Crippen molar-refractivity contribution in [3.8, 4) is 0 Å². The summed E-state index contributed by atoms with van der Waals surface area (Å²) in [6, 6.07) is 10.6. The number of rotatable bonds is 1. The van der Waals surface area contributed by atoms with Crippen molar-refractivity contribution in [1.29, 1.82) is 0 Å². The van der Waals surface area contributed by atoms with E-state index in [1.165, 1.54) is 22.3 Å². The summed E-state index contributed by atoms with van der Waals surface area (Å²) in [5.41, 5.74) is 5.39. The Hall–Kier alpha value is -1.82. The van der Waals surface area contributed by atoms with Gasteiger partial charge in [-0.15, -0.1) is 0 Å². The zero-order valence-electron chi connectivity index (χ0n) is 8.48. The summed E-state index contributed by atoms with van der Waals surface area (Å²) >= 11 is 0. The van der Waals surface area contributed by atoms with Crippen molar-refractivity contribution in [3.05, 3.63) is 77.4 Å². The third-order valence-electron chi connectivity index (χ3n) is 2.87. The van der Waals surface area contributed by atoms with Crippen LogP contribution in [-0.4, -0.2) is 0 Å². The van der Waals surface area contributed by atoms with Crippen molar-refractivity contribution in [3.63, 3.8) is 0 Å². The van der Waals surface area contributed by atoms with E-state index in [2.05, 4.69) is 60.7 Å². The second-order valence-corrected chi connectivity index (χ2v) is 3.82. The van der Waals surface area contributed by atoms with Gasteiger partial charge in [-0.3, -0.25) is 0 Å². The number of hydrogen-bond acceptors (Lipinski definition) is 0. The van der Waals surface area contributed by atoms with Crippen LogP contribution in [0.25, 0.3) is 5.57 Å². The van der Waals surface area contributed by atoms with Crippen LogP contribution < -0.4 is 0 Å². The molecule has 0 nitrogen and oxygen atoms in total. The molecule has 0 aromatic heterocycles. The summed E-state index contributed by atoms with van der Waals surface area (Å²) in [6.07, 6.45) is 12.2. The van der Waals surface area contributed by atoms with E-state index in [1.54, 1.807) is 0 Å². The Morgan fingerprint density at radius 1 is 0.800 bits per heavy atom. The van der Waals surface area contributed by atoms with Gasteiger partial charge in [0.15, 0.2) is 0 Å². The smallest absolute Gasteiger partial charge is 0.0105 e. The van der Waals surface area contributed by atoms with E-state index in [0.29, 0.717) is 0 Å². The largest absolute Gasteiger partial charge is 0.0801 e. The van der Waals surface area contributed by atoms with Crippen molar-refractivity contribution >= 4 is 5.57 Å². The number of benzene rings is 1. The molecule has 2 aliphatic carbocycles. The molecule has 0 saturated carbocycles. The Morgan fingerprint density at radius 3 is 2.53 bits per heavy atom. The normalized spacial score (nSPS) is 18.0. The van der Waals surface area contributed by atoms with Crippen molar-refractivity contribution in [1.82, 2.24) is 0 Å². The van der Waals surface area contributed by atoms with Gasteiger partial charge >= 0.3 is 0 Å². The first-order chi connectivity index (χ1) is 7.45. The van der Waals surface area contributed by atoms with Crippen molar-refractivity contribution in [2.45, 2.75) is 6.42 Å². The molecule has 0 atom stereocenters. The lowest BCUT2D eigenvalue weighted by atomic mass is 9.97. The highest BCUT2D eigenvalue weighted by Crippen LogP contribution is 2.34. The Balaban J connectivity index is 2.14. The number of allylic oxidation sites excluding steroid dienone is 8. The molecule has 0 N–H and O–H groups in total. The van der Waals surface area contributed by atoms with Crippen LogP contribution >= 0.6 is 0 Å². The van der Waals surface area contributed by atoms with Crippen LogP contribution in [0.5, 0.6) is 0 Å². The lowest BCUT2D eigenvalue weighted by molar-refractivity contribution is 1.31. The molecular formula is C15H12. The van der Waals surface area contributed by atoms with Gasteiger partial charge in [0.05, 0.1) is 0 Å². The highest BCUT2D eigenvalue weighted by Gasteiger charge is 2.14. The summed E-state index contributed by atoms with van der Waals surface area (Å²) in [5.74, 6) is 0. The number of hydrogen-bond donors (Lipinski definition) is 0. The first-order valence-electron chi connectivity index (χ1n) is 5.30. The maximum absolute atomic E-state index is 2.28. The average Bonchev–Trinajstić information content (AvgIpc) is 2.74. The van der Waals surface area contributed by atoms with Gasteiger partial charge in [-0.1, -0.05) is 60.7 Å². The molecule has 0 spiro atoms. The van der Waals surface area contributed by atoms with E-state index in [-0.39, 0.29) is 0 Å². The molecule has 1 aromatic rings. The highest BCUT2D eigenvalue weighted by atomic mass is 14.2. The molecule has 72 valence electrons. The zero-order chi connectivity index (χ0) is 10.1. The Bertz CT molecular complexity index is 496. The summed E-state index contributed by atoms with van der Waals surface area (Å²) in [7, 11) is 0. The minimum absolute atomic E-state index is 1.06. The molecule has 0 radical (unpaired) electrons. The van der Waals surface area contributed by atoms with E-state index in [0.717, 1.165) is 6.42 Å². The van der Waals surface area contributed by atoms with Crippen LogP contribution in [0.1, 0.15) is 12.0 Å². The molecule has 0 fully saturated rings. The molecule has 0 unspecified atom stereocenters. The predicted octanol–water partition coefficient (Wildman–Crippen LogP) is 3.90. The van der Waals surface area contributed by atoms with Gasteiger partial charge in [-0.25, -0.2) is 0 Å². The number of fused-ring (bicyclic) bond motifs is 1. The molecule has 0 amide bonds. The molecule has 0 aliphatic heterocycles. The van der Waals surface area contributed by atoms with Crippen LogP contribution in [-0.2, 0) is 0 Å². The van der Waals surface area contributed by atoms with Crippen molar-refractivity contribution in [2.24, 2.45) is 0 Å². The second kappa shape index (κ2) is 3.39. The van der Waals surface area contributed by atoms with Gasteiger partial charge < -0.3 is 0 Å². The molecule has 2 aliphatic rings. The van der Waals surface area contributed by atoms with E-state index < -0.39 is 0 Å². The third-order valence-corrected chi connectivity index (χ3v) is 2.87. The molecule has 0 heterocycles. The van der Waals surface area contributed by atoms with Crippen LogP contribution in [0.15, 0.2) is 71.9 Å². The van der Waals surface area contributed by atoms with Crippen molar-refractivity contribution in [2.75, 3.05) is 0 Å². The van der Waals surface area contributed by atoms with E-state index in [1.807, 2.05) is 0 Å². The van der Waals surface area contributed by atoms with Gasteiger partial charge in [0.2, 0.25) is 0 Å². The topological polar surface area (TPSA) is 0 Å². The molecule has 1 aromatic carbocycles. The first-order valence-corrected chi connectivity index (χ1v) is 5.30. The van der Waals surface area contributed by atoms with Crippen LogP contribution in [0.4, 0.5) is 0 Å². The minimum atomic E-state index is 1.06. The van der Waals surface area contributed by atoms with E-state index >= 15 is 0 Å². The molecule has 0 bridgehead atoms. The maximum atomic E-state index is 2.28. The highest BCUT2D eigenvalue weighted by molar-refractivity contribution is 5.87. The molecule has 3 rings (SSSR count). The lowest BCUT2D eigenvalue weighted by Gasteiger charge is -2.07. The molecule has 0 saturated heterocycles. The van der Waals surface area contributed by atoms with Crippen LogP contribution in [0.3, 0.4) is 0 Å². The van der Waals surface area contributed by atoms with Gasteiger partial charge in [0.1, 0.15) is 0 Å². The fourth-order valence-electron chi connectivity index (χ4n) is 2.12. The fourth-order valence-corrected chi connectivity index (χ4v) is 2.12. The summed E-state index contributed by atoms with van der Waals surface area (Å²) in [4.78, 5) is 0. The Kier molecular flexibility index (Phi) is 1.92. The molecular weight excluding hydrogens is 180 g/mol. The predicted molar refractivity (Wildman–Crippen MR) is 64.3 cm³/mol. The minimum Gasteiger partial charge on any atom is -0.0801 e. The van der Waals surface area contributed by atoms with Crippen molar-refractivity contribution < 1.29 is 0 Å². The van der Waals surface area contributed by atoms with Gasteiger partial charge in [-0.05, 0) is 28.7 Å². The van der Waals surface area contributed by atoms with Gasteiger partial charge in [-0.2, -0.15) is 0 Å². The molecule has 0 heteroatoms. The maximum Gasteiger partial charge on any atom is -0.0105 e. The van der Waals surface area contributed by atoms with E-state index in [9.17, 15) is 0 Å². The summed E-state index contributed by atoms with van der Waals surface area (Å²) < 4.78 is 0. The van der Waals surface area contributed by atoms with Gasteiger partial charge in [0.25, 0.3) is 0 Å². The average molecular weight is 192 g/mol. The Morgan fingerprint density at radius 2 is 1.67 bits per heavy atom. The van der Waals surface area contributed by atoms with E-state index in [4.69, 9.17) is 0 Å². The zero-order valence-corrected chi connectivity index (χ0v) is 8.48. The summed E-state index contributed by atoms with van der Waals surface area (Å²) in [5, 5.41) is 0. The van der Waals surface area contributed by atoms with Gasteiger partial charge in [0, 0.05) is 0 Å². The first kappa shape index (κ1) is 8.49. The van der Waals surface area contributed by atoms with Crippen LogP contribution in [0, 0.1) is 0 Å². The monoisotopic (exact) mass is 192 g/mol. The second-order valence-electron chi connectivity index (χ2n) is 3.82. The summed E-state index contributed by atoms with van der Waals surface area (Å²) in [6.45, 7) is 0. The lowest BCUT2D eigenvalue weighted by Crippen LogP contribution is -1.88. The molecule has 15 heavy (non-hydrogen) atoms. The SMILES string of the molecule is C1=CC2=C(c3ccccc3)C=CC2=CC1. The Labute approximate surface area is 89.9 Å².